The van der Waals surface area contributed by atoms with Crippen LogP contribution in [0, 0.1) is 5.92 Å². The molecule has 3 heteroatoms. The molecular formula is C17H25N3. The quantitative estimate of drug-likeness (QED) is 0.763. The summed E-state index contributed by atoms with van der Waals surface area (Å²) in [6.07, 6.45) is 5.50. The molecule has 2 aromatic rings. The van der Waals surface area contributed by atoms with Gasteiger partial charge < -0.3 is 11.1 Å². The van der Waals surface area contributed by atoms with Crippen LogP contribution in [-0.4, -0.2) is 11.0 Å². The predicted molar refractivity (Wildman–Crippen MR) is 87.9 cm³/mol. The molecule has 0 fully saturated rings. The zero-order valence-corrected chi connectivity index (χ0v) is 12.7. The second-order valence-electron chi connectivity index (χ2n) is 5.97. The molecule has 0 bridgehead atoms. The summed E-state index contributed by atoms with van der Waals surface area (Å²) in [5, 5.41) is 4.54. The van der Waals surface area contributed by atoms with Crippen LogP contribution < -0.4 is 11.1 Å². The molecule has 2 rings (SSSR count). The number of nitrogen functional groups attached to an aromatic ring is 1. The van der Waals surface area contributed by atoms with Crippen molar-refractivity contribution in [3.05, 3.63) is 30.5 Å². The van der Waals surface area contributed by atoms with Gasteiger partial charge in [0.05, 0.1) is 16.9 Å². The number of rotatable bonds is 6. The number of benzene rings is 1. The monoisotopic (exact) mass is 271 g/mol. The Kier molecular flexibility index (Phi) is 4.83. The van der Waals surface area contributed by atoms with Crippen molar-refractivity contribution in [3.8, 4) is 0 Å². The first-order valence-electron chi connectivity index (χ1n) is 7.47. The highest BCUT2D eigenvalue weighted by Crippen LogP contribution is 2.28. The zero-order chi connectivity index (χ0) is 14.5. The summed E-state index contributed by atoms with van der Waals surface area (Å²) in [5.41, 5.74) is 9.00. The Labute approximate surface area is 121 Å². The topological polar surface area (TPSA) is 50.9 Å². The molecule has 3 N–H and O–H groups in total. The van der Waals surface area contributed by atoms with Crippen molar-refractivity contribution in [2.24, 2.45) is 5.92 Å². The van der Waals surface area contributed by atoms with Gasteiger partial charge in [0.2, 0.25) is 0 Å². The van der Waals surface area contributed by atoms with Crippen molar-refractivity contribution in [2.45, 2.75) is 46.1 Å². The number of pyridine rings is 1. The van der Waals surface area contributed by atoms with Gasteiger partial charge in [-0.25, -0.2) is 0 Å². The molecule has 0 aliphatic heterocycles. The van der Waals surface area contributed by atoms with Crippen molar-refractivity contribution in [3.63, 3.8) is 0 Å². The highest BCUT2D eigenvalue weighted by Gasteiger charge is 2.08. The van der Waals surface area contributed by atoms with E-state index in [2.05, 4.69) is 31.1 Å². The Bertz CT molecular complexity index is 563. The Morgan fingerprint density at radius 1 is 1.15 bits per heavy atom. The van der Waals surface area contributed by atoms with Gasteiger partial charge in [0, 0.05) is 17.6 Å². The van der Waals surface area contributed by atoms with Crippen LogP contribution >= 0.6 is 0 Å². The summed E-state index contributed by atoms with van der Waals surface area (Å²) in [6, 6.07) is 8.43. The number of hydrogen-bond acceptors (Lipinski definition) is 3. The van der Waals surface area contributed by atoms with E-state index in [9.17, 15) is 0 Å². The molecule has 0 saturated carbocycles. The SMILES string of the molecule is CC(C)CCCC(C)Nc1ccc2ncccc2c1N. The van der Waals surface area contributed by atoms with Crippen molar-refractivity contribution in [1.29, 1.82) is 0 Å². The Morgan fingerprint density at radius 3 is 2.70 bits per heavy atom. The van der Waals surface area contributed by atoms with Gasteiger partial charge in [-0.15, -0.1) is 0 Å². The molecule has 0 aliphatic rings. The normalized spacial score (nSPS) is 12.8. The summed E-state index contributed by atoms with van der Waals surface area (Å²) in [6.45, 7) is 6.76. The number of nitrogens with two attached hydrogens (primary N) is 1. The fraction of sp³-hybridized carbons (Fsp3) is 0.471. The van der Waals surface area contributed by atoms with Gasteiger partial charge in [0.25, 0.3) is 0 Å². The van der Waals surface area contributed by atoms with E-state index in [1.165, 1.54) is 19.3 Å². The molecule has 0 aliphatic carbocycles. The lowest BCUT2D eigenvalue weighted by molar-refractivity contribution is 0.520. The first kappa shape index (κ1) is 14.6. The third kappa shape index (κ3) is 3.62. The molecule has 3 nitrogen and oxygen atoms in total. The van der Waals surface area contributed by atoms with Crippen LogP contribution in [0.2, 0.25) is 0 Å². The van der Waals surface area contributed by atoms with E-state index < -0.39 is 0 Å². The van der Waals surface area contributed by atoms with Gasteiger partial charge >= 0.3 is 0 Å². The number of anilines is 2. The van der Waals surface area contributed by atoms with E-state index in [1.807, 2.05) is 24.3 Å². The first-order chi connectivity index (χ1) is 9.58. The van der Waals surface area contributed by atoms with E-state index in [1.54, 1.807) is 6.20 Å². The highest BCUT2D eigenvalue weighted by molar-refractivity contribution is 5.96. The second kappa shape index (κ2) is 6.60. The third-order valence-electron chi connectivity index (χ3n) is 3.65. The fourth-order valence-electron chi connectivity index (χ4n) is 2.47. The summed E-state index contributed by atoms with van der Waals surface area (Å²) in [7, 11) is 0. The molecule has 0 saturated heterocycles. The molecule has 1 heterocycles. The third-order valence-corrected chi connectivity index (χ3v) is 3.65. The molecule has 0 spiro atoms. The van der Waals surface area contributed by atoms with Gasteiger partial charge in [-0.05, 0) is 43.5 Å². The molecule has 108 valence electrons. The first-order valence-corrected chi connectivity index (χ1v) is 7.47. The number of aromatic nitrogens is 1. The van der Waals surface area contributed by atoms with Crippen LogP contribution in [-0.2, 0) is 0 Å². The lowest BCUT2D eigenvalue weighted by Crippen LogP contribution is -2.16. The highest BCUT2D eigenvalue weighted by atomic mass is 14.9. The molecule has 1 atom stereocenters. The van der Waals surface area contributed by atoms with E-state index in [0.29, 0.717) is 6.04 Å². The minimum absolute atomic E-state index is 0.435. The maximum atomic E-state index is 6.24. The molecule has 1 unspecified atom stereocenters. The predicted octanol–water partition coefficient (Wildman–Crippen LogP) is 4.44. The summed E-state index contributed by atoms with van der Waals surface area (Å²) in [4.78, 5) is 4.32. The van der Waals surface area contributed by atoms with E-state index in [0.717, 1.165) is 28.2 Å². The Morgan fingerprint density at radius 2 is 1.95 bits per heavy atom. The molecule has 1 aromatic carbocycles. The number of hydrogen-bond donors (Lipinski definition) is 2. The van der Waals surface area contributed by atoms with Gasteiger partial charge in [-0.2, -0.15) is 0 Å². The number of nitrogens with zero attached hydrogens (tertiary/aromatic N) is 1. The second-order valence-corrected chi connectivity index (χ2v) is 5.97. The number of fused-ring (bicyclic) bond motifs is 1. The van der Waals surface area contributed by atoms with Crippen molar-refractivity contribution in [2.75, 3.05) is 11.1 Å². The van der Waals surface area contributed by atoms with Crippen LogP contribution in [0.3, 0.4) is 0 Å². The standard InChI is InChI=1S/C17H25N3/c1-12(2)6-4-7-13(3)20-16-10-9-15-14(17(16)18)8-5-11-19-15/h5,8-13,20H,4,6-7,18H2,1-3H3. The van der Waals surface area contributed by atoms with Crippen LogP contribution in [0.25, 0.3) is 10.9 Å². The maximum Gasteiger partial charge on any atom is 0.0724 e. The van der Waals surface area contributed by atoms with Crippen molar-refractivity contribution < 1.29 is 0 Å². The molecule has 1 aromatic heterocycles. The average molecular weight is 271 g/mol. The van der Waals surface area contributed by atoms with Crippen molar-refractivity contribution >= 4 is 22.3 Å². The summed E-state index contributed by atoms with van der Waals surface area (Å²) in [5.74, 6) is 0.777. The smallest absolute Gasteiger partial charge is 0.0724 e. The summed E-state index contributed by atoms with van der Waals surface area (Å²) >= 11 is 0. The molecule has 20 heavy (non-hydrogen) atoms. The zero-order valence-electron chi connectivity index (χ0n) is 12.7. The molecule has 0 amide bonds. The largest absolute Gasteiger partial charge is 0.397 e. The molecular weight excluding hydrogens is 246 g/mol. The fourth-order valence-corrected chi connectivity index (χ4v) is 2.47. The van der Waals surface area contributed by atoms with Gasteiger partial charge in [0.15, 0.2) is 0 Å². The Hall–Kier alpha value is -1.77. The van der Waals surface area contributed by atoms with E-state index >= 15 is 0 Å². The minimum atomic E-state index is 0.435. The summed E-state index contributed by atoms with van der Waals surface area (Å²) < 4.78 is 0. The Balaban J connectivity index is 2.04. The van der Waals surface area contributed by atoms with E-state index in [4.69, 9.17) is 5.73 Å². The van der Waals surface area contributed by atoms with Crippen LogP contribution in [0.1, 0.15) is 40.0 Å². The van der Waals surface area contributed by atoms with Gasteiger partial charge in [-0.1, -0.05) is 26.7 Å². The van der Waals surface area contributed by atoms with Gasteiger partial charge in [-0.3, -0.25) is 4.98 Å². The van der Waals surface area contributed by atoms with Gasteiger partial charge in [0.1, 0.15) is 0 Å². The lowest BCUT2D eigenvalue weighted by atomic mass is 10.0. The minimum Gasteiger partial charge on any atom is -0.397 e. The van der Waals surface area contributed by atoms with E-state index in [-0.39, 0.29) is 0 Å². The van der Waals surface area contributed by atoms with Crippen LogP contribution in [0.15, 0.2) is 30.5 Å². The maximum absolute atomic E-state index is 6.24. The lowest BCUT2D eigenvalue weighted by Gasteiger charge is -2.18. The van der Waals surface area contributed by atoms with Crippen LogP contribution in [0.5, 0.6) is 0 Å². The molecule has 0 radical (unpaired) electrons. The van der Waals surface area contributed by atoms with Crippen LogP contribution in [0.4, 0.5) is 11.4 Å². The average Bonchev–Trinajstić information content (AvgIpc) is 2.42. The number of nitrogens with one attached hydrogen (secondary N) is 1. The van der Waals surface area contributed by atoms with Crippen molar-refractivity contribution in [1.82, 2.24) is 4.98 Å².